The van der Waals surface area contributed by atoms with Crippen LogP contribution in [0.4, 0.5) is 0 Å². The third-order valence-electron chi connectivity index (χ3n) is 2.59. The van der Waals surface area contributed by atoms with Gasteiger partial charge in [0.2, 0.25) is 0 Å². The van der Waals surface area contributed by atoms with E-state index in [1.807, 2.05) is 12.1 Å². The molecular weight excluding hydrogens is 318 g/mol. The second-order valence-corrected chi connectivity index (χ2v) is 6.20. The Morgan fingerprint density at radius 3 is 2.88 bits per heavy atom. The number of hydrogen-bond donors (Lipinski definition) is 1. The lowest BCUT2D eigenvalue weighted by atomic mass is 10.1. The van der Waals surface area contributed by atoms with E-state index in [1.165, 1.54) is 4.88 Å². The Hall–Kier alpha value is -0.350. The van der Waals surface area contributed by atoms with Crippen LogP contribution < -0.4 is 5.32 Å². The second-order valence-electron chi connectivity index (χ2n) is 3.85. The molecule has 0 amide bonds. The molecule has 0 aliphatic heterocycles. The Balaban J connectivity index is 2.01. The third-order valence-corrected chi connectivity index (χ3v) is 4.29. The van der Waals surface area contributed by atoms with Crippen molar-refractivity contribution in [3.63, 3.8) is 0 Å². The van der Waals surface area contributed by atoms with E-state index in [0.29, 0.717) is 0 Å². The van der Waals surface area contributed by atoms with E-state index in [9.17, 15) is 0 Å². The fourth-order valence-electron chi connectivity index (χ4n) is 1.63. The minimum atomic E-state index is 0.248. The summed E-state index contributed by atoms with van der Waals surface area (Å²) in [6, 6.07) is 10.5. The summed E-state index contributed by atoms with van der Waals surface area (Å²) in [4.78, 5) is 1.34. The van der Waals surface area contributed by atoms with Gasteiger partial charge in [-0.2, -0.15) is 0 Å². The molecule has 0 radical (unpaired) electrons. The quantitative estimate of drug-likeness (QED) is 0.830. The van der Waals surface area contributed by atoms with Crippen LogP contribution in [0.15, 0.2) is 40.2 Å². The maximum absolute atomic E-state index is 6.22. The van der Waals surface area contributed by atoms with Crippen molar-refractivity contribution in [2.24, 2.45) is 0 Å². The Kier molecular flexibility index (Phi) is 4.62. The Morgan fingerprint density at radius 1 is 1.41 bits per heavy atom. The van der Waals surface area contributed by atoms with Crippen molar-refractivity contribution in [2.45, 2.75) is 19.5 Å². The highest BCUT2D eigenvalue weighted by Crippen LogP contribution is 2.26. The molecular formula is C13H13BrClNS. The summed E-state index contributed by atoms with van der Waals surface area (Å²) in [5, 5.41) is 6.36. The lowest BCUT2D eigenvalue weighted by Gasteiger charge is -2.15. The zero-order valence-electron chi connectivity index (χ0n) is 9.41. The monoisotopic (exact) mass is 329 g/mol. The zero-order valence-corrected chi connectivity index (χ0v) is 12.6. The lowest BCUT2D eigenvalue weighted by Crippen LogP contribution is -2.17. The molecule has 1 heterocycles. The molecule has 0 saturated carbocycles. The molecule has 4 heteroatoms. The molecule has 0 aliphatic carbocycles. The SMILES string of the molecule is CC(NCc1cccs1)c1ccc(Br)cc1Cl. The molecule has 1 N–H and O–H groups in total. The van der Waals surface area contributed by atoms with Crippen molar-refractivity contribution in [3.05, 3.63) is 55.6 Å². The third kappa shape index (κ3) is 3.55. The molecule has 0 bridgehead atoms. The number of benzene rings is 1. The predicted octanol–water partition coefficient (Wildman–Crippen LogP) is 5.01. The molecule has 1 atom stereocenters. The minimum Gasteiger partial charge on any atom is -0.305 e. The molecule has 1 unspecified atom stereocenters. The molecule has 2 rings (SSSR count). The van der Waals surface area contributed by atoms with Crippen molar-refractivity contribution < 1.29 is 0 Å². The van der Waals surface area contributed by atoms with Gasteiger partial charge in [-0.15, -0.1) is 11.3 Å². The van der Waals surface area contributed by atoms with Crippen LogP contribution in [-0.2, 0) is 6.54 Å². The Morgan fingerprint density at radius 2 is 2.24 bits per heavy atom. The molecule has 1 aromatic carbocycles. The van der Waals surface area contributed by atoms with E-state index in [1.54, 1.807) is 11.3 Å². The molecule has 1 aromatic heterocycles. The number of hydrogen-bond acceptors (Lipinski definition) is 2. The van der Waals surface area contributed by atoms with Gasteiger partial charge in [-0.25, -0.2) is 0 Å². The summed E-state index contributed by atoms with van der Waals surface area (Å²) in [7, 11) is 0. The Labute approximate surface area is 119 Å². The first kappa shape index (κ1) is 13.1. The van der Waals surface area contributed by atoms with Crippen LogP contribution in [0.5, 0.6) is 0 Å². The van der Waals surface area contributed by atoms with Crippen LogP contribution in [0.2, 0.25) is 5.02 Å². The molecule has 2 aromatic rings. The standard InChI is InChI=1S/C13H13BrClNS/c1-9(16-8-11-3-2-6-17-11)12-5-4-10(14)7-13(12)15/h2-7,9,16H,8H2,1H3. The summed E-state index contributed by atoms with van der Waals surface area (Å²) in [6.45, 7) is 3.01. The highest BCUT2D eigenvalue weighted by atomic mass is 79.9. The van der Waals surface area contributed by atoms with Crippen molar-refractivity contribution in [2.75, 3.05) is 0 Å². The number of rotatable bonds is 4. The van der Waals surface area contributed by atoms with Gasteiger partial charge in [-0.1, -0.05) is 39.7 Å². The second kappa shape index (κ2) is 6.01. The van der Waals surface area contributed by atoms with Gasteiger partial charge in [-0.3, -0.25) is 0 Å². The minimum absolute atomic E-state index is 0.248. The summed E-state index contributed by atoms with van der Waals surface area (Å²) < 4.78 is 1.01. The summed E-state index contributed by atoms with van der Waals surface area (Å²) in [5.41, 5.74) is 1.13. The van der Waals surface area contributed by atoms with Gasteiger partial charge in [-0.05, 0) is 36.1 Å². The summed E-state index contributed by atoms with van der Waals surface area (Å²) in [6.07, 6.45) is 0. The molecule has 1 nitrogen and oxygen atoms in total. The van der Waals surface area contributed by atoms with Gasteiger partial charge in [0.1, 0.15) is 0 Å². The lowest BCUT2D eigenvalue weighted by molar-refractivity contribution is 0.579. The zero-order chi connectivity index (χ0) is 12.3. The average Bonchev–Trinajstić information content (AvgIpc) is 2.78. The molecule has 0 fully saturated rings. The van der Waals surface area contributed by atoms with Gasteiger partial charge in [0.25, 0.3) is 0 Å². The first-order valence-corrected chi connectivity index (χ1v) is 7.42. The van der Waals surface area contributed by atoms with E-state index >= 15 is 0 Å². The molecule has 17 heavy (non-hydrogen) atoms. The van der Waals surface area contributed by atoms with Crippen LogP contribution in [0.3, 0.4) is 0 Å². The summed E-state index contributed by atoms with van der Waals surface area (Å²) in [5.74, 6) is 0. The highest BCUT2D eigenvalue weighted by molar-refractivity contribution is 9.10. The highest BCUT2D eigenvalue weighted by Gasteiger charge is 2.09. The van der Waals surface area contributed by atoms with Crippen LogP contribution >= 0.6 is 38.9 Å². The van der Waals surface area contributed by atoms with Gasteiger partial charge in [0.05, 0.1) is 0 Å². The summed E-state index contributed by atoms with van der Waals surface area (Å²) >= 11 is 11.4. The predicted molar refractivity (Wildman–Crippen MR) is 78.7 cm³/mol. The van der Waals surface area contributed by atoms with Gasteiger partial charge >= 0.3 is 0 Å². The van der Waals surface area contributed by atoms with Crippen molar-refractivity contribution in [3.8, 4) is 0 Å². The van der Waals surface area contributed by atoms with E-state index in [2.05, 4.69) is 51.7 Å². The van der Waals surface area contributed by atoms with E-state index in [0.717, 1.165) is 21.6 Å². The van der Waals surface area contributed by atoms with E-state index in [-0.39, 0.29) is 6.04 Å². The van der Waals surface area contributed by atoms with Gasteiger partial charge < -0.3 is 5.32 Å². The van der Waals surface area contributed by atoms with Gasteiger partial charge in [0.15, 0.2) is 0 Å². The van der Waals surface area contributed by atoms with Crippen LogP contribution in [-0.4, -0.2) is 0 Å². The number of halogens is 2. The largest absolute Gasteiger partial charge is 0.305 e. The molecule has 90 valence electrons. The van der Waals surface area contributed by atoms with E-state index in [4.69, 9.17) is 11.6 Å². The molecule has 0 saturated heterocycles. The van der Waals surface area contributed by atoms with Crippen molar-refractivity contribution in [1.29, 1.82) is 0 Å². The normalized spacial score (nSPS) is 12.6. The van der Waals surface area contributed by atoms with Crippen LogP contribution in [0.25, 0.3) is 0 Å². The topological polar surface area (TPSA) is 12.0 Å². The smallest absolute Gasteiger partial charge is 0.0464 e. The maximum Gasteiger partial charge on any atom is 0.0464 e. The van der Waals surface area contributed by atoms with Crippen molar-refractivity contribution in [1.82, 2.24) is 5.32 Å². The fraction of sp³-hybridized carbons (Fsp3) is 0.231. The van der Waals surface area contributed by atoms with Crippen molar-refractivity contribution >= 4 is 38.9 Å². The van der Waals surface area contributed by atoms with Crippen LogP contribution in [0, 0.1) is 0 Å². The first-order valence-electron chi connectivity index (χ1n) is 5.37. The number of nitrogens with one attached hydrogen (secondary N) is 1. The maximum atomic E-state index is 6.22. The average molecular weight is 331 g/mol. The molecule has 0 spiro atoms. The Bertz CT molecular complexity index is 484. The van der Waals surface area contributed by atoms with Crippen LogP contribution in [0.1, 0.15) is 23.4 Å². The number of thiophene rings is 1. The van der Waals surface area contributed by atoms with Gasteiger partial charge in [0, 0.05) is 27.0 Å². The molecule has 0 aliphatic rings. The first-order chi connectivity index (χ1) is 8.16. The fourth-order valence-corrected chi connectivity index (χ4v) is 3.12. The van der Waals surface area contributed by atoms with E-state index < -0.39 is 0 Å².